The summed E-state index contributed by atoms with van der Waals surface area (Å²) >= 11 is 0. The molecule has 5 heteroatoms. The molecular weight excluding hydrogens is 324 g/mol. The summed E-state index contributed by atoms with van der Waals surface area (Å²) in [6, 6.07) is 9.02. The summed E-state index contributed by atoms with van der Waals surface area (Å²) < 4.78 is 1.85. The third-order valence-corrected chi connectivity index (χ3v) is 5.91. The molecule has 2 aliphatic rings. The van der Waals surface area contributed by atoms with E-state index in [1.54, 1.807) is 0 Å². The third-order valence-electron chi connectivity index (χ3n) is 5.91. The number of nitrogens with zero attached hydrogens (tertiary/aromatic N) is 3. The normalized spacial score (nSPS) is 18.1. The Labute approximate surface area is 155 Å². The maximum Gasteiger partial charge on any atom is 0.276 e. The lowest BCUT2D eigenvalue weighted by Crippen LogP contribution is -2.41. The number of carbonyl (C=O) groups excluding carboxylic acids is 1. The maximum atomic E-state index is 12.5. The molecule has 1 fully saturated rings. The van der Waals surface area contributed by atoms with E-state index in [1.165, 1.54) is 30.4 Å². The summed E-state index contributed by atoms with van der Waals surface area (Å²) in [5.41, 5.74) is 5.16. The van der Waals surface area contributed by atoms with Crippen LogP contribution >= 0.6 is 0 Å². The highest BCUT2D eigenvalue weighted by Crippen LogP contribution is 2.28. The molecule has 1 N–H and O–H groups in total. The number of amides is 1. The van der Waals surface area contributed by atoms with E-state index in [0.717, 1.165) is 49.9 Å². The molecule has 0 unspecified atom stereocenters. The average Bonchev–Trinajstić information content (AvgIpc) is 2.85. The Balaban J connectivity index is 1.45. The molecule has 4 rings (SSSR count). The summed E-state index contributed by atoms with van der Waals surface area (Å²) in [5, 5.41) is 7.39. The van der Waals surface area contributed by atoms with Crippen molar-refractivity contribution in [2.75, 3.05) is 18.4 Å². The first kappa shape index (κ1) is 17.3. The Morgan fingerprint density at radius 2 is 1.96 bits per heavy atom. The molecule has 26 heavy (non-hydrogen) atoms. The van der Waals surface area contributed by atoms with Crippen molar-refractivity contribution < 1.29 is 4.79 Å². The number of benzene rings is 1. The lowest BCUT2D eigenvalue weighted by atomic mass is 9.91. The van der Waals surface area contributed by atoms with E-state index in [2.05, 4.69) is 27.4 Å². The second-order valence-corrected chi connectivity index (χ2v) is 7.55. The molecule has 0 spiro atoms. The van der Waals surface area contributed by atoms with Crippen LogP contribution in [0.2, 0.25) is 0 Å². The van der Waals surface area contributed by atoms with E-state index >= 15 is 0 Å². The topological polar surface area (TPSA) is 50.2 Å². The molecule has 2 heterocycles. The lowest BCUT2D eigenvalue weighted by Gasteiger charge is -2.36. The number of anilines is 1. The van der Waals surface area contributed by atoms with Gasteiger partial charge in [-0.15, -0.1) is 0 Å². The molecular formula is C21H28N4O. The Morgan fingerprint density at radius 3 is 2.62 bits per heavy atom. The van der Waals surface area contributed by atoms with Crippen LogP contribution in [0.4, 0.5) is 5.69 Å². The number of aryl methyl sites for hydroxylation is 2. The van der Waals surface area contributed by atoms with Gasteiger partial charge in [0.25, 0.3) is 5.91 Å². The van der Waals surface area contributed by atoms with Gasteiger partial charge in [0.1, 0.15) is 0 Å². The van der Waals surface area contributed by atoms with Crippen LogP contribution in [0, 0.1) is 6.92 Å². The Bertz CT molecular complexity index is 806. The standard InChI is InChI=1S/C21H28N4O/c1-3-25-15(2)13-20(23-25)21(26)22-18-8-7-16-9-11-24(19-5-4-6-19)12-10-17(16)14-18/h7-8,13-14,19H,3-6,9-12H2,1-2H3,(H,22,26). The van der Waals surface area contributed by atoms with E-state index in [4.69, 9.17) is 0 Å². The minimum Gasteiger partial charge on any atom is -0.321 e. The van der Waals surface area contributed by atoms with Crippen LogP contribution in [0.25, 0.3) is 0 Å². The van der Waals surface area contributed by atoms with Gasteiger partial charge < -0.3 is 5.32 Å². The zero-order chi connectivity index (χ0) is 18.1. The van der Waals surface area contributed by atoms with Crippen molar-refractivity contribution in [1.29, 1.82) is 0 Å². The smallest absolute Gasteiger partial charge is 0.276 e. The molecule has 5 nitrogen and oxygen atoms in total. The van der Waals surface area contributed by atoms with Crippen LogP contribution in [0.3, 0.4) is 0 Å². The zero-order valence-corrected chi connectivity index (χ0v) is 15.8. The van der Waals surface area contributed by atoms with Crippen molar-refractivity contribution in [3.05, 3.63) is 46.8 Å². The Kier molecular flexibility index (Phi) is 4.81. The van der Waals surface area contributed by atoms with Gasteiger partial charge in [0.2, 0.25) is 0 Å². The molecule has 0 atom stereocenters. The molecule has 2 aromatic rings. The molecule has 0 radical (unpaired) electrons. The number of carbonyl (C=O) groups is 1. The molecule has 1 aromatic carbocycles. The summed E-state index contributed by atoms with van der Waals surface area (Å²) in [5.74, 6) is -0.134. The second kappa shape index (κ2) is 7.23. The molecule has 1 aliphatic heterocycles. The van der Waals surface area contributed by atoms with Crippen LogP contribution in [0.5, 0.6) is 0 Å². The minimum atomic E-state index is -0.134. The SMILES string of the molecule is CCn1nc(C(=O)Nc2ccc3c(c2)CCN(C2CCC2)CC3)cc1C. The van der Waals surface area contributed by atoms with Crippen molar-refractivity contribution >= 4 is 11.6 Å². The summed E-state index contributed by atoms with van der Waals surface area (Å²) in [6.45, 7) is 7.08. The zero-order valence-electron chi connectivity index (χ0n) is 15.8. The van der Waals surface area contributed by atoms with Crippen molar-refractivity contribution in [3.63, 3.8) is 0 Å². The maximum absolute atomic E-state index is 12.5. The second-order valence-electron chi connectivity index (χ2n) is 7.55. The van der Waals surface area contributed by atoms with E-state index in [0.29, 0.717) is 5.69 Å². The van der Waals surface area contributed by atoms with Crippen LogP contribution in [-0.2, 0) is 19.4 Å². The van der Waals surface area contributed by atoms with Gasteiger partial charge >= 0.3 is 0 Å². The molecule has 1 aliphatic carbocycles. The number of hydrogen-bond donors (Lipinski definition) is 1. The van der Waals surface area contributed by atoms with Crippen LogP contribution < -0.4 is 5.32 Å². The summed E-state index contributed by atoms with van der Waals surface area (Å²) in [7, 11) is 0. The lowest BCUT2D eigenvalue weighted by molar-refractivity contribution is 0.102. The quantitative estimate of drug-likeness (QED) is 0.917. The number of nitrogens with one attached hydrogen (secondary N) is 1. The van der Waals surface area contributed by atoms with Gasteiger partial charge in [0, 0.05) is 37.1 Å². The van der Waals surface area contributed by atoms with Gasteiger partial charge in [-0.3, -0.25) is 14.4 Å². The molecule has 1 aromatic heterocycles. The van der Waals surface area contributed by atoms with Gasteiger partial charge in [0.15, 0.2) is 5.69 Å². The molecule has 0 saturated heterocycles. The molecule has 138 valence electrons. The van der Waals surface area contributed by atoms with E-state index in [-0.39, 0.29) is 5.91 Å². The highest BCUT2D eigenvalue weighted by atomic mass is 16.1. The van der Waals surface area contributed by atoms with Crippen molar-refractivity contribution in [2.45, 2.75) is 58.5 Å². The monoisotopic (exact) mass is 352 g/mol. The van der Waals surface area contributed by atoms with Crippen molar-refractivity contribution in [1.82, 2.24) is 14.7 Å². The minimum absolute atomic E-state index is 0.134. The van der Waals surface area contributed by atoms with E-state index < -0.39 is 0 Å². The first-order chi connectivity index (χ1) is 12.6. The predicted molar refractivity (Wildman–Crippen MR) is 104 cm³/mol. The largest absolute Gasteiger partial charge is 0.321 e. The average molecular weight is 352 g/mol. The van der Waals surface area contributed by atoms with Gasteiger partial charge in [-0.1, -0.05) is 12.5 Å². The Morgan fingerprint density at radius 1 is 1.19 bits per heavy atom. The fourth-order valence-corrected chi connectivity index (χ4v) is 4.07. The summed E-state index contributed by atoms with van der Waals surface area (Å²) in [4.78, 5) is 15.2. The molecule has 0 bridgehead atoms. The number of rotatable bonds is 4. The predicted octanol–water partition coefficient (Wildman–Crippen LogP) is 3.42. The van der Waals surface area contributed by atoms with Gasteiger partial charge in [-0.05, 0) is 68.9 Å². The number of aromatic nitrogens is 2. The van der Waals surface area contributed by atoms with Crippen LogP contribution in [0.15, 0.2) is 24.3 Å². The fraction of sp³-hybridized carbons (Fsp3) is 0.524. The highest BCUT2D eigenvalue weighted by molar-refractivity contribution is 6.03. The first-order valence-corrected chi connectivity index (χ1v) is 9.85. The van der Waals surface area contributed by atoms with E-state index in [9.17, 15) is 4.79 Å². The van der Waals surface area contributed by atoms with E-state index in [1.807, 2.05) is 30.7 Å². The van der Waals surface area contributed by atoms with Gasteiger partial charge in [-0.25, -0.2) is 0 Å². The van der Waals surface area contributed by atoms with Crippen molar-refractivity contribution in [3.8, 4) is 0 Å². The van der Waals surface area contributed by atoms with Crippen LogP contribution in [0.1, 0.15) is 53.5 Å². The third kappa shape index (κ3) is 3.40. The van der Waals surface area contributed by atoms with Gasteiger partial charge in [0.05, 0.1) is 0 Å². The molecule has 1 amide bonds. The fourth-order valence-electron chi connectivity index (χ4n) is 4.07. The molecule has 1 saturated carbocycles. The number of fused-ring (bicyclic) bond motifs is 1. The van der Waals surface area contributed by atoms with Crippen LogP contribution in [-0.4, -0.2) is 39.7 Å². The number of hydrogen-bond acceptors (Lipinski definition) is 3. The van der Waals surface area contributed by atoms with Crippen molar-refractivity contribution in [2.24, 2.45) is 0 Å². The van der Waals surface area contributed by atoms with Gasteiger partial charge in [-0.2, -0.15) is 5.10 Å². The Hall–Kier alpha value is -2.14. The summed E-state index contributed by atoms with van der Waals surface area (Å²) in [6.07, 6.45) is 6.29. The first-order valence-electron chi connectivity index (χ1n) is 9.85. The highest BCUT2D eigenvalue weighted by Gasteiger charge is 2.26.